The summed E-state index contributed by atoms with van der Waals surface area (Å²) in [6, 6.07) is 5.98. The van der Waals surface area contributed by atoms with Gasteiger partial charge in [-0.15, -0.1) is 0 Å². The summed E-state index contributed by atoms with van der Waals surface area (Å²) in [4.78, 5) is 28.6. The summed E-state index contributed by atoms with van der Waals surface area (Å²) in [5.74, 6) is 1.53. The molecule has 2 bridgehead atoms. The monoisotopic (exact) mass is 364 g/mol. The number of aromatic nitrogens is 5. The van der Waals surface area contributed by atoms with E-state index in [0.29, 0.717) is 11.8 Å². The van der Waals surface area contributed by atoms with E-state index in [0.717, 1.165) is 49.5 Å². The van der Waals surface area contributed by atoms with Gasteiger partial charge in [-0.3, -0.25) is 4.79 Å². The van der Waals surface area contributed by atoms with Crippen molar-refractivity contribution in [3.8, 4) is 0 Å². The first-order valence-corrected chi connectivity index (χ1v) is 9.76. The van der Waals surface area contributed by atoms with Crippen LogP contribution in [0.2, 0.25) is 0 Å². The molecule has 7 nitrogen and oxygen atoms in total. The van der Waals surface area contributed by atoms with E-state index in [1.807, 2.05) is 23.9 Å². The second-order valence-corrected chi connectivity index (χ2v) is 7.85. The molecule has 140 valence electrons. The Labute approximate surface area is 157 Å². The van der Waals surface area contributed by atoms with Crippen molar-refractivity contribution in [3.63, 3.8) is 0 Å². The van der Waals surface area contributed by atoms with Gasteiger partial charge in [-0.05, 0) is 24.8 Å². The first kappa shape index (κ1) is 16.5. The number of hydrogen-bond acceptors (Lipinski definition) is 5. The molecule has 1 saturated heterocycles. The van der Waals surface area contributed by atoms with Gasteiger partial charge >= 0.3 is 0 Å². The normalized spacial score (nSPS) is 24.2. The van der Waals surface area contributed by atoms with Gasteiger partial charge in [0.2, 0.25) is 5.95 Å². The second kappa shape index (κ2) is 6.18. The van der Waals surface area contributed by atoms with E-state index >= 15 is 0 Å². The van der Waals surface area contributed by atoms with Crippen LogP contribution >= 0.6 is 0 Å². The van der Waals surface area contributed by atoms with Crippen molar-refractivity contribution in [2.24, 2.45) is 13.0 Å². The Balaban J connectivity index is 1.55. The lowest BCUT2D eigenvalue weighted by Gasteiger charge is -2.47. The third kappa shape index (κ3) is 2.56. The molecule has 0 spiro atoms. The first-order valence-electron chi connectivity index (χ1n) is 9.76. The summed E-state index contributed by atoms with van der Waals surface area (Å²) in [5, 5.41) is 0. The minimum absolute atomic E-state index is 0.139. The van der Waals surface area contributed by atoms with E-state index < -0.39 is 0 Å². The quantitative estimate of drug-likeness (QED) is 0.714. The Morgan fingerprint density at radius 2 is 2.11 bits per heavy atom. The fourth-order valence-corrected chi connectivity index (χ4v) is 4.93. The topological polar surface area (TPSA) is 68.8 Å². The number of nitrogens with zero attached hydrogens (tertiary/aromatic N) is 6. The average molecular weight is 364 g/mol. The molecule has 0 amide bonds. The lowest BCUT2D eigenvalue weighted by molar-refractivity contribution is 0.201. The van der Waals surface area contributed by atoms with Crippen LogP contribution in [0.15, 0.2) is 35.5 Å². The van der Waals surface area contributed by atoms with E-state index in [-0.39, 0.29) is 11.6 Å². The number of hydrogen-bond donors (Lipinski definition) is 0. The zero-order chi connectivity index (χ0) is 18.5. The van der Waals surface area contributed by atoms with Crippen molar-refractivity contribution in [1.29, 1.82) is 0 Å². The van der Waals surface area contributed by atoms with Crippen LogP contribution < -0.4 is 10.5 Å². The summed E-state index contributed by atoms with van der Waals surface area (Å²) in [6.45, 7) is 3.93. The fourth-order valence-electron chi connectivity index (χ4n) is 4.93. The molecule has 5 heterocycles. The van der Waals surface area contributed by atoms with Crippen LogP contribution in [0, 0.1) is 5.92 Å². The number of pyridine rings is 1. The summed E-state index contributed by atoms with van der Waals surface area (Å²) in [6.07, 6.45) is 6.87. The van der Waals surface area contributed by atoms with Crippen molar-refractivity contribution >= 4 is 17.1 Å². The van der Waals surface area contributed by atoms with Crippen LogP contribution in [0.25, 0.3) is 11.2 Å². The zero-order valence-corrected chi connectivity index (χ0v) is 15.7. The number of imidazole rings is 1. The Kier molecular flexibility index (Phi) is 3.77. The molecule has 5 rings (SSSR count). The van der Waals surface area contributed by atoms with E-state index in [1.165, 1.54) is 5.69 Å². The van der Waals surface area contributed by atoms with E-state index in [9.17, 15) is 4.79 Å². The molecule has 0 aliphatic carbocycles. The lowest BCUT2D eigenvalue weighted by atomic mass is 9.77. The average Bonchev–Trinajstić information content (AvgIpc) is 3.05. The van der Waals surface area contributed by atoms with Gasteiger partial charge in [0.15, 0.2) is 5.65 Å². The summed E-state index contributed by atoms with van der Waals surface area (Å²) >= 11 is 0. The number of rotatable bonds is 3. The maximum absolute atomic E-state index is 12.6. The number of aryl methyl sites for hydroxylation is 1. The van der Waals surface area contributed by atoms with Gasteiger partial charge in [-0.25, -0.2) is 9.97 Å². The van der Waals surface area contributed by atoms with Crippen LogP contribution in [-0.2, 0) is 7.05 Å². The highest BCUT2D eigenvalue weighted by Crippen LogP contribution is 2.43. The lowest BCUT2D eigenvalue weighted by Crippen LogP contribution is -2.50. The third-order valence-electron chi connectivity index (χ3n) is 6.14. The minimum Gasteiger partial charge on any atom is -0.340 e. The Morgan fingerprint density at radius 1 is 1.22 bits per heavy atom. The van der Waals surface area contributed by atoms with Crippen LogP contribution in [-0.4, -0.2) is 37.2 Å². The standard InChI is InChI=1S/C20H24N6O/c1-3-5-15-13-8-14(16-6-4-7-18(27)26(15)16)11-25(10-13)20-21-9-17-19(23-20)22-12-24(17)2/h4,6-7,9,12-15H,3,5,8,10-11H2,1-2H3/t13-,14+,15-/m0/s1. The molecule has 0 N–H and O–H groups in total. The van der Waals surface area contributed by atoms with Crippen molar-refractivity contribution in [2.45, 2.75) is 38.1 Å². The van der Waals surface area contributed by atoms with Gasteiger partial charge < -0.3 is 14.0 Å². The van der Waals surface area contributed by atoms with E-state index in [2.05, 4.69) is 32.4 Å². The Morgan fingerprint density at radius 3 is 2.96 bits per heavy atom. The molecule has 3 atom stereocenters. The summed E-state index contributed by atoms with van der Waals surface area (Å²) in [7, 11) is 1.95. The molecule has 2 aliphatic heterocycles. The minimum atomic E-state index is 0.139. The predicted octanol–water partition coefficient (Wildman–Crippen LogP) is 2.49. The van der Waals surface area contributed by atoms with Crippen molar-refractivity contribution in [2.75, 3.05) is 18.0 Å². The molecular formula is C20H24N6O. The predicted molar refractivity (Wildman–Crippen MR) is 104 cm³/mol. The molecule has 3 aromatic heterocycles. The highest BCUT2D eigenvalue weighted by Gasteiger charge is 2.40. The molecule has 7 heteroatoms. The number of fused-ring (bicyclic) bond motifs is 5. The van der Waals surface area contributed by atoms with Crippen LogP contribution in [0.3, 0.4) is 0 Å². The Bertz CT molecular complexity index is 1050. The zero-order valence-electron chi connectivity index (χ0n) is 15.7. The summed E-state index contributed by atoms with van der Waals surface area (Å²) in [5.41, 5.74) is 2.98. The van der Waals surface area contributed by atoms with Crippen LogP contribution in [0.1, 0.15) is 43.8 Å². The summed E-state index contributed by atoms with van der Waals surface area (Å²) < 4.78 is 4.01. The fraction of sp³-hybridized carbons (Fsp3) is 0.500. The molecule has 0 radical (unpaired) electrons. The Hall–Kier alpha value is -2.70. The van der Waals surface area contributed by atoms with Gasteiger partial charge in [0.25, 0.3) is 5.56 Å². The van der Waals surface area contributed by atoms with E-state index in [1.54, 1.807) is 12.4 Å². The molecule has 1 fully saturated rings. The van der Waals surface area contributed by atoms with Crippen molar-refractivity contribution in [1.82, 2.24) is 24.1 Å². The molecule has 0 saturated carbocycles. The SMILES string of the molecule is CCC[C@H]1[C@H]2C[C@H](CN(c3ncc4c(ncn4C)n3)C2)c2cccc(=O)n21. The van der Waals surface area contributed by atoms with E-state index in [4.69, 9.17) is 4.98 Å². The second-order valence-electron chi connectivity index (χ2n) is 7.85. The number of piperidine rings is 1. The van der Waals surface area contributed by atoms with Crippen molar-refractivity contribution in [3.05, 3.63) is 46.8 Å². The van der Waals surface area contributed by atoms with Gasteiger partial charge in [0, 0.05) is 43.9 Å². The number of anilines is 1. The van der Waals surface area contributed by atoms with Gasteiger partial charge in [0.05, 0.1) is 12.5 Å². The first-order chi connectivity index (χ1) is 13.2. The largest absolute Gasteiger partial charge is 0.340 e. The van der Waals surface area contributed by atoms with Gasteiger partial charge in [-0.1, -0.05) is 19.4 Å². The van der Waals surface area contributed by atoms with Gasteiger partial charge in [-0.2, -0.15) is 4.98 Å². The maximum atomic E-state index is 12.6. The highest BCUT2D eigenvalue weighted by molar-refractivity contribution is 5.71. The van der Waals surface area contributed by atoms with Crippen molar-refractivity contribution < 1.29 is 0 Å². The smallest absolute Gasteiger partial charge is 0.250 e. The molecule has 0 unspecified atom stereocenters. The van der Waals surface area contributed by atoms with Gasteiger partial charge in [0.1, 0.15) is 5.52 Å². The molecular weight excluding hydrogens is 340 g/mol. The molecule has 2 aliphatic rings. The maximum Gasteiger partial charge on any atom is 0.250 e. The molecule has 0 aromatic carbocycles. The third-order valence-corrected chi connectivity index (χ3v) is 6.14. The molecule has 3 aromatic rings. The van der Waals surface area contributed by atoms with Crippen LogP contribution in [0.4, 0.5) is 5.95 Å². The molecule has 27 heavy (non-hydrogen) atoms. The van der Waals surface area contributed by atoms with Crippen LogP contribution in [0.5, 0.6) is 0 Å². The highest BCUT2D eigenvalue weighted by atomic mass is 16.1.